The van der Waals surface area contributed by atoms with Gasteiger partial charge in [0.15, 0.2) is 0 Å². The highest BCUT2D eigenvalue weighted by Crippen LogP contribution is 2.41. The molecule has 384 valence electrons. The summed E-state index contributed by atoms with van der Waals surface area (Å²) in [5.41, 5.74) is -0.128. The van der Waals surface area contributed by atoms with Gasteiger partial charge in [-0.3, -0.25) is 28.8 Å². The molecule has 3 aliphatic rings. The van der Waals surface area contributed by atoms with Crippen LogP contribution in [-0.2, 0) is 51.1 Å². The maximum atomic E-state index is 14.5. The van der Waals surface area contributed by atoms with Crippen molar-refractivity contribution in [2.45, 2.75) is 161 Å². The van der Waals surface area contributed by atoms with Crippen LogP contribution in [0.25, 0.3) is 0 Å². The van der Waals surface area contributed by atoms with E-state index in [-0.39, 0.29) is 61.3 Å². The molecule has 3 fully saturated rings. The number of amides is 8. The Morgan fingerprint density at radius 2 is 1.17 bits per heavy atom. The van der Waals surface area contributed by atoms with Gasteiger partial charge in [-0.15, -0.1) is 0 Å². The van der Waals surface area contributed by atoms with Gasteiger partial charge in [-0.25, -0.2) is 9.59 Å². The van der Waals surface area contributed by atoms with Crippen LogP contribution in [0.15, 0.2) is 60.7 Å². The van der Waals surface area contributed by atoms with Crippen molar-refractivity contribution in [3.8, 4) is 0 Å². The first-order chi connectivity index (χ1) is 33.0. The van der Waals surface area contributed by atoms with Crippen molar-refractivity contribution in [1.82, 2.24) is 41.7 Å². The summed E-state index contributed by atoms with van der Waals surface area (Å²) in [4.78, 5) is 111. The second-order valence-electron chi connectivity index (χ2n) is 21.5. The Morgan fingerprint density at radius 3 is 1.69 bits per heavy atom. The van der Waals surface area contributed by atoms with E-state index in [9.17, 15) is 38.4 Å². The van der Waals surface area contributed by atoms with E-state index in [4.69, 9.17) is 9.47 Å². The lowest BCUT2D eigenvalue weighted by atomic mass is 9.71. The molecule has 5 atom stereocenters. The van der Waals surface area contributed by atoms with Crippen molar-refractivity contribution in [3.05, 3.63) is 71.8 Å². The third kappa shape index (κ3) is 17.3. The number of hydrogen-bond donors (Lipinski definition) is 6. The molecule has 2 aromatic rings. The number of carbonyl (C=O) groups excluding carboxylic acids is 8. The molecular formula is C52H76N8O10. The topological polar surface area (TPSA) is 234 Å². The highest BCUT2D eigenvalue weighted by molar-refractivity contribution is 5.96. The smallest absolute Gasteiger partial charge is 0.408 e. The second kappa shape index (κ2) is 24.6. The summed E-state index contributed by atoms with van der Waals surface area (Å²) in [5, 5.41) is 16.9. The maximum absolute atomic E-state index is 14.5. The lowest BCUT2D eigenvalue weighted by Crippen LogP contribution is -2.65. The van der Waals surface area contributed by atoms with Gasteiger partial charge >= 0.3 is 12.2 Å². The number of piperidine rings is 1. The van der Waals surface area contributed by atoms with E-state index in [1.165, 1.54) is 0 Å². The molecule has 3 aliphatic heterocycles. The molecule has 0 radical (unpaired) electrons. The lowest BCUT2D eigenvalue weighted by molar-refractivity contribution is -0.152. The minimum Gasteiger partial charge on any atom is -0.444 e. The van der Waals surface area contributed by atoms with Crippen LogP contribution >= 0.6 is 0 Å². The van der Waals surface area contributed by atoms with Crippen molar-refractivity contribution in [2.24, 2.45) is 11.3 Å². The molecule has 0 bridgehead atoms. The highest BCUT2D eigenvalue weighted by atomic mass is 16.6. The number of benzene rings is 2. The molecule has 0 saturated carbocycles. The average molecular weight is 973 g/mol. The van der Waals surface area contributed by atoms with Crippen molar-refractivity contribution < 1.29 is 47.8 Å². The fourth-order valence-electron chi connectivity index (χ4n) is 9.00. The zero-order chi connectivity index (χ0) is 51.2. The number of unbranched alkanes of at least 4 members (excludes halogenated alkanes) is 1. The number of ether oxygens (including phenoxy) is 2. The molecule has 8 amide bonds. The number of nitrogens with zero attached hydrogens (tertiary/aromatic N) is 2. The van der Waals surface area contributed by atoms with Gasteiger partial charge in [0.1, 0.15) is 41.4 Å². The van der Waals surface area contributed by atoms with Crippen LogP contribution in [0.5, 0.6) is 0 Å². The Kier molecular flexibility index (Phi) is 19.2. The van der Waals surface area contributed by atoms with Gasteiger partial charge < -0.3 is 51.2 Å². The summed E-state index contributed by atoms with van der Waals surface area (Å²) in [6.45, 7) is 16.5. The van der Waals surface area contributed by atoms with E-state index >= 15 is 0 Å². The Bertz CT molecular complexity index is 2120. The van der Waals surface area contributed by atoms with E-state index < -0.39 is 71.3 Å². The Labute approximate surface area is 412 Å². The molecule has 0 aromatic heterocycles. The van der Waals surface area contributed by atoms with Crippen LogP contribution < -0.4 is 31.9 Å². The minimum atomic E-state index is -1.18. The first-order valence-corrected chi connectivity index (χ1v) is 24.8. The Morgan fingerprint density at radius 1 is 0.671 bits per heavy atom. The fourth-order valence-corrected chi connectivity index (χ4v) is 9.00. The summed E-state index contributed by atoms with van der Waals surface area (Å²) in [6, 6.07) is 13.4. The van der Waals surface area contributed by atoms with Gasteiger partial charge in [-0.05, 0) is 104 Å². The second-order valence-corrected chi connectivity index (χ2v) is 21.5. The third-order valence-electron chi connectivity index (χ3n) is 12.5. The molecule has 6 N–H and O–H groups in total. The zero-order valence-corrected chi connectivity index (χ0v) is 42.3. The number of nitrogens with one attached hydrogen (secondary N) is 6. The first-order valence-electron chi connectivity index (χ1n) is 24.8. The first kappa shape index (κ1) is 54.7. The van der Waals surface area contributed by atoms with Crippen molar-refractivity contribution >= 4 is 47.6 Å². The van der Waals surface area contributed by atoms with Gasteiger partial charge in [-0.1, -0.05) is 74.5 Å². The zero-order valence-electron chi connectivity index (χ0n) is 42.3. The van der Waals surface area contributed by atoms with Crippen molar-refractivity contribution in [1.29, 1.82) is 0 Å². The van der Waals surface area contributed by atoms with Crippen LogP contribution in [0.2, 0.25) is 0 Å². The molecule has 0 aliphatic carbocycles. The summed E-state index contributed by atoms with van der Waals surface area (Å²) < 4.78 is 10.8. The van der Waals surface area contributed by atoms with Crippen LogP contribution in [0.4, 0.5) is 9.59 Å². The average Bonchev–Trinajstić information content (AvgIpc) is 3.71. The number of likely N-dealkylation sites (tertiary alicyclic amines) is 2. The van der Waals surface area contributed by atoms with Crippen LogP contribution in [0, 0.1) is 11.3 Å². The number of rotatable bonds is 20. The molecule has 2 aromatic carbocycles. The Balaban J connectivity index is 1.30. The molecule has 5 rings (SSSR count). The summed E-state index contributed by atoms with van der Waals surface area (Å²) >= 11 is 0. The highest BCUT2D eigenvalue weighted by Gasteiger charge is 2.49. The van der Waals surface area contributed by atoms with E-state index in [2.05, 4.69) is 31.9 Å². The predicted octanol–water partition coefficient (Wildman–Crippen LogP) is 4.29. The monoisotopic (exact) mass is 973 g/mol. The molecule has 1 spiro atoms. The van der Waals surface area contributed by atoms with E-state index in [1.54, 1.807) is 51.3 Å². The van der Waals surface area contributed by atoms with Gasteiger partial charge in [-0.2, -0.15) is 0 Å². The molecule has 70 heavy (non-hydrogen) atoms. The van der Waals surface area contributed by atoms with Crippen LogP contribution in [0.3, 0.4) is 0 Å². The van der Waals surface area contributed by atoms with Gasteiger partial charge in [0.25, 0.3) is 0 Å². The SMILES string of the molecule is CC(C)C[C@@H](NC(=O)[C@@H](Cc1ccccc1)NC(=O)[C@@H](Cc1ccccc1)NC(=O)OC(C)(C)C)C(=O)N[C@H](CCCCNC(=O)OC(C)(C)C)C(=O)N1CCC2(CC1)CN(C(=O)[C@H]1CCC(=O)N1)C2. The predicted molar refractivity (Wildman–Crippen MR) is 263 cm³/mol. The summed E-state index contributed by atoms with van der Waals surface area (Å²) in [5.74, 6) is -2.35. The Hall–Kier alpha value is -6.20. The van der Waals surface area contributed by atoms with E-state index in [0.29, 0.717) is 64.7 Å². The number of alkyl carbamates (subject to hydrolysis) is 2. The summed E-state index contributed by atoms with van der Waals surface area (Å²) in [6.07, 6.45) is 2.41. The standard InChI is InChI=1S/C52H76N8O10/c1-34(2)29-39(56-44(63)40(30-35-17-11-9-12-18-35)57-45(64)41(31-36-19-13-10-14-20-36)58-49(68)70-51(6,7)8)43(62)55-37(21-15-16-26-53-48(67)69-50(3,4)5)46(65)59-27-24-52(25-28-59)32-60(33-52)47(66)38-22-23-42(61)54-38/h9-14,17-20,34,37-41H,15-16,21-33H2,1-8H3,(H,53,67)(H,54,61)(H,55,62)(H,56,63)(H,57,64)(H,58,68)/t37-,38-,39-,40-,41-/m1/s1. The van der Waals surface area contributed by atoms with Crippen molar-refractivity contribution in [3.63, 3.8) is 0 Å². The van der Waals surface area contributed by atoms with Gasteiger partial charge in [0.05, 0.1) is 0 Å². The van der Waals surface area contributed by atoms with Crippen LogP contribution in [0.1, 0.15) is 118 Å². The molecular weight excluding hydrogens is 897 g/mol. The minimum absolute atomic E-state index is 0.0664. The molecule has 18 nitrogen and oxygen atoms in total. The molecule has 3 saturated heterocycles. The fraction of sp³-hybridized carbons (Fsp3) is 0.615. The number of carbonyl (C=O) groups is 8. The summed E-state index contributed by atoms with van der Waals surface area (Å²) in [7, 11) is 0. The maximum Gasteiger partial charge on any atom is 0.408 e. The lowest BCUT2D eigenvalue weighted by Gasteiger charge is -2.54. The molecule has 3 heterocycles. The number of hydrogen-bond acceptors (Lipinski definition) is 10. The quantitative estimate of drug-likeness (QED) is 0.103. The normalized spacial score (nSPS) is 18.3. The van der Waals surface area contributed by atoms with Crippen molar-refractivity contribution in [2.75, 3.05) is 32.7 Å². The van der Waals surface area contributed by atoms with E-state index in [1.807, 2.05) is 74.5 Å². The van der Waals surface area contributed by atoms with Crippen LogP contribution in [-0.4, -0.2) is 132 Å². The van der Waals surface area contributed by atoms with E-state index in [0.717, 1.165) is 11.1 Å². The molecule has 0 unspecified atom stereocenters. The molecule has 18 heteroatoms. The third-order valence-corrected chi connectivity index (χ3v) is 12.5. The largest absolute Gasteiger partial charge is 0.444 e. The van der Waals surface area contributed by atoms with Gasteiger partial charge in [0, 0.05) is 57.4 Å². The van der Waals surface area contributed by atoms with Gasteiger partial charge in [0.2, 0.25) is 35.4 Å².